The number of amides is 2. The molecule has 3 rings (SSSR count). The molecule has 0 radical (unpaired) electrons. The largest absolute Gasteiger partial charge is 0.370 e. The van der Waals surface area contributed by atoms with E-state index >= 15 is 0 Å². The predicted molar refractivity (Wildman–Crippen MR) is 77.6 cm³/mol. The molecule has 4 nitrogen and oxygen atoms in total. The van der Waals surface area contributed by atoms with Crippen molar-refractivity contribution in [2.45, 2.75) is 51.6 Å². The van der Waals surface area contributed by atoms with Crippen molar-refractivity contribution in [1.29, 1.82) is 0 Å². The monoisotopic (exact) mass is 274 g/mol. The SMILES string of the molecule is NC(=O)CCCCCCC(=O)N1Cc2ccc(cc2)C1. The number of benzene rings is 1. The molecular formula is C16H22N2O2. The van der Waals surface area contributed by atoms with Crippen molar-refractivity contribution >= 4 is 11.8 Å². The van der Waals surface area contributed by atoms with Gasteiger partial charge in [-0.3, -0.25) is 9.59 Å². The lowest BCUT2D eigenvalue weighted by molar-refractivity contribution is -0.132. The summed E-state index contributed by atoms with van der Waals surface area (Å²) < 4.78 is 0. The third kappa shape index (κ3) is 4.37. The maximum atomic E-state index is 12.2. The van der Waals surface area contributed by atoms with Gasteiger partial charge in [-0.1, -0.05) is 37.1 Å². The van der Waals surface area contributed by atoms with E-state index in [-0.39, 0.29) is 11.8 Å². The maximum absolute atomic E-state index is 12.2. The average molecular weight is 274 g/mol. The smallest absolute Gasteiger partial charge is 0.223 e. The highest BCUT2D eigenvalue weighted by atomic mass is 16.2. The van der Waals surface area contributed by atoms with E-state index in [1.54, 1.807) is 0 Å². The first-order chi connectivity index (χ1) is 9.65. The molecule has 0 unspecified atom stereocenters. The Balaban J connectivity index is 1.66. The second-order valence-electron chi connectivity index (χ2n) is 5.45. The van der Waals surface area contributed by atoms with Gasteiger partial charge in [-0.25, -0.2) is 0 Å². The van der Waals surface area contributed by atoms with Crippen LogP contribution in [-0.4, -0.2) is 16.7 Å². The average Bonchev–Trinajstić information content (AvgIpc) is 2.75. The van der Waals surface area contributed by atoms with Crippen LogP contribution >= 0.6 is 0 Å². The molecule has 0 saturated carbocycles. The van der Waals surface area contributed by atoms with Crippen LogP contribution < -0.4 is 5.73 Å². The molecule has 0 aromatic heterocycles. The first-order valence-electron chi connectivity index (χ1n) is 7.29. The first-order valence-corrected chi connectivity index (χ1v) is 7.29. The van der Waals surface area contributed by atoms with E-state index in [9.17, 15) is 9.59 Å². The number of nitrogens with zero attached hydrogens (tertiary/aromatic N) is 1. The summed E-state index contributed by atoms with van der Waals surface area (Å²) in [4.78, 5) is 24.7. The van der Waals surface area contributed by atoms with E-state index in [2.05, 4.69) is 24.3 Å². The molecule has 0 fully saturated rings. The number of rotatable bonds is 7. The minimum absolute atomic E-state index is 0.224. The number of hydrogen-bond donors (Lipinski definition) is 1. The fraction of sp³-hybridized carbons (Fsp3) is 0.500. The number of fused-ring (bicyclic) bond motifs is 4. The van der Waals surface area contributed by atoms with Crippen LogP contribution in [0, 0.1) is 0 Å². The molecule has 0 spiro atoms. The molecule has 20 heavy (non-hydrogen) atoms. The van der Waals surface area contributed by atoms with Gasteiger partial charge in [0, 0.05) is 25.9 Å². The summed E-state index contributed by atoms with van der Waals surface area (Å²) in [6.45, 7) is 1.44. The third-order valence-electron chi connectivity index (χ3n) is 3.69. The van der Waals surface area contributed by atoms with E-state index < -0.39 is 0 Å². The lowest BCUT2D eigenvalue weighted by Gasteiger charge is -2.20. The Bertz CT molecular complexity index is 443. The summed E-state index contributed by atoms with van der Waals surface area (Å²) in [5.41, 5.74) is 7.47. The topological polar surface area (TPSA) is 63.4 Å². The number of unbranched alkanes of at least 4 members (excludes halogenated alkanes) is 3. The number of hydrogen-bond acceptors (Lipinski definition) is 2. The Labute approximate surface area is 119 Å². The van der Waals surface area contributed by atoms with Gasteiger partial charge < -0.3 is 10.6 Å². The number of nitrogens with two attached hydrogens (primary N) is 1. The van der Waals surface area contributed by atoms with Crippen LogP contribution in [0.5, 0.6) is 0 Å². The quantitative estimate of drug-likeness (QED) is 0.776. The molecule has 2 amide bonds. The van der Waals surface area contributed by atoms with Crippen molar-refractivity contribution < 1.29 is 9.59 Å². The second kappa shape index (κ2) is 7.08. The Kier molecular flexibility index (Phi) is 5.16. The molecule has 108 valence electrons. The molecule has 2 heterocycles. The van der Waals surface area contributed by atoms with Crippen molar-refractivity contribution in [3.8, 4) is 0 Å². The van der Waals surface area contributed by atoms with Gasteiger partial charge in [0.25, 0.3) is 0 Å². The zero-order valence-electron chi connectivity index (χ0n) is 11.8. The molecular weight excluding hydrogens is 252 g/mol. The summed E-state index contributed by atoms with van der Waals surface area (Å²) in [6, 6.07) is 8.36. The summed E-state index contributed by atoms with van der Waals surface area (Å²) in [5.74, 6) is -0.0162. The highest BCUT2D eigenvalue weighted by Gasteiger charge is 2.17. The van der Waals surface area contributed by atoms with Crippen molar-refractivity contribution in [2.75, 3.05) is 0 Å². The Morgan fingerprint density at radius 2 is 1.40 bits per heavy atom. The predicted octanol–water partition coefficient (Wildman–Crippen LogP) is 2.35. The van der Waals surface area contributed by atoms with Crippen LogP contribution in [0.25, 0.3) is 0 Å². The van der Waals surface area contributed by atoms with E-state index in [0.717, 1.165) is 38.8 Å². The number of carbonyl (C=O) groups excluding carboxylic acids is 2. The van der Waals surface area contributed by atoms with E-state index in [4.69, 9.17) is 5.73 Å². The van der Waals surface area contributed by atoms with E-state index in [0.29, 0.717) is 12.8 Å². The second-order valence-corrected chi connectivity index (χ2v) is 5.45. The summed E-state index contributed by atoms with van der Waals surface area (Å²) in [6.07, 6.45) is 4.71. The zero-order chi connectivity index (χ0) is 14.4. The maximum Gasteiger partial charge on any atom is 0.223 e. The summed E-state index contributed by atoms with van der Waals surface area (Å²) in [5, 5.41) is 0. The molecule has 0 atom stereocenters. The highest BCUT2D eigenvalue weighted by Crippen LogP contribution is 2.18. The van der Waals surface area contributed by atoms with Crippen molar-refractivity contribution in [3.05, 3.63) is 35.4 Å². The Hall–Kier alpha value is -1.84. The van der Waals surface area contributed by atoms with Gasteiger partial charge in [-0.05, 0) is 24.0 Å². The van der Waals surface area contributed by atoms with E-state index in [1.165, 1.54) is 11.1 Å². The van der Waals surface area contributed by atoms with Crippen LogP contribution in [0.1, 0.15) is 49.7 Å². The molecule has 0 aliphatic carbocycles. The third-order valence-corrected chi connectivity index (χ3v) is 3.69. The van der Waals surface area contributed by atoms with Crippen LogP contribution in [0.15, 0.2) is 24.3 Å². The van der Waals surface area contributed by atoms with Crippen LogP contribution in [0.3, 0.4) is 0 Å². The van der Waals surface area contributed by atoms with Crippen molar-refractivity contribution in [1.82, 2.24) is 4.90 Å². The van der Waals surface area contributed by atoms with Crippen molar-refractivity contribution in [2.24, 2.45) is 5.73 Å². The molecule has 2 N–H and O–H groups in total. The minimum Gasteiger partial charge on any atom is -0.370 e. The fourth-order valence-corrected chi connectivity index (χ4v) is 2.51. The number of carbonyl (C=O) groups is 2. The summed E-state index contributed by atoms with van der Waals surface area (Å²) >= 11 is 0. The van der Waals surface area contributed by atoms with Gasteiger partial charge in [0.1, 0.15) is 0 Å². The van der Waals surface area contributed by atoms with Crippen molar-refractivity contribution in [3.63, 3.8) is 0 Å². The van der Waals surface area contributed by atoms with Gasteiger partial charge in [0.05, 0.1) is 0 Å². The minimum atomic E-state index is -0.241. The van der Waals surface area contributed by atoms with Gasteiger partial charge in [-0.2, -0.15) is 0 Å². The van der Waals surface area contributed by atoms with Crippen LogP contribution in [-0.2, 0) is 22.7 Å². The van der Waals surface area contributed by atoms with Crippen LogP contribution in [0.4, 0.5) is 0 Å². The molecule has 1 aromatic rings. The highest BCUT2D eigenvalue weighted by molar-refractivity contribution is 5.76. The molecule has 0 saturated heterocycles. The molecule has 4 heteroatoms. The zero-order valence-corrected chi connectivity index (χ0v) is 11.8. The summed E-state index contributed by atoms with van der Waals surface area (Å²) in [7, 11) is 0. The van der Waals surface area contributed by atoms with Crippen LogP contribution in [0.2, 0.25) is 0 Å². The lowest BCUT2D eigenvalue weighted by Crippen LogP contribution is -2.28. The Morgan fingerprint density at radius 1 is 0.900 bits per heavy atom. The van der Waals surface area contributed by atoms with Gasteiger partial charge in [-0.15, -0.1) is 0 Å². The normalized spacial score (nSPS) is 13.3. The molecule has 1 aromatic carbocycles. The van der Waals surface area contributed by atoms with Gasteiger partial charge in [0.2, 0.25) is 11.8 Å². The lowest BCUT2D eigenvalue weighted by atomic mass is 10.1. The molecule has 2 bridgehead atoms. The fourth-order valence-electron chi connectivity index (χ4n) is 2.51. The first kappa shape index (κ1) is 14.6. The standard InChI is InChI=1S/C16H22N2O2/c17-15(19)5-3-1-2-4-6-16(20)18-11-13-7-8-14(12-18)10-9-13/h7-10H,1-6,11-12H2,(H2,17,19). The Morgan fingerprint density at radius 3 is 1.90 bits per heavy atom. The number of primary amides is 1. The van der Waals surface area contributed by atoms with Gasteiger partial charge >= 0.3 is 0 Å². The van der Waals surface area contributed by atoms with Gasteiger partial charge in [0.15, 0.2) is 0 Å². The molecule has 2 aliphatic heterocycles. The molecule has 2 aliphatic rings. The van der Waals surface area contributed by atoms with E-state index in [1.807, 2.05) is 4.90 Å².